The van der Waals surface area contributed by atoms with Crippen LogP contribution in [-0.2, 0) is 10.2 Å². The molecule has 0 aliphatic carbocycles. The molecule has 0 saturated carbocycles. The molecule has 12 heavy (non-hydrogen) atoms. The lowest BCUT2D eigenvalue weighted by Gasteiger charge is -2.06. The van der Waals surface area contributed by atoms with Gasteiger partial charge in [-0.3, -0.25) is 0 Å². The Balaban J connectivity index is 3.23. The maximum Gasteiger partial charge on any atom is 0.274 e. The predicted molar refractivity (Wildman–Crippen MR) is 48.8 cm³/mol. The van der Waals surface area contributed by atoms with Crippen LogP contribution < -0.4 is 15.2 Å². The second kappa shape index (κ2) is 5.47. The van der Waals surface area contributed by atoms with Crippen molar-refractivity contribution < 1.29 is 8.42 Å². The van der Waals surface area contributed by atoms with Crippen LogP contribution in [0.15, 0.2) is 0 Å². The van der Waals surface area contributed by atoms with E-state index >= 15 is 0 Å². The minimum Gasteiger partial charge on any atom is -0.315 e. The monoisotopic (exact) mass is 195 g/mol. The summed E-state index contributed by atoms with van der Waals surface area (Å²) in [5.74, 6) is 0.569. The van der Waals surface area contributed by atoms with Gasteiger partial charge in [-0.05, 0) is 12.5 Å². The van der Waals surface area contributed by atoms with Crippen LogP contribution in [0.25, 0.3) is 0 Å². The van der Waals surface area contributed by atoms with E-state index in [0.29, 0.717) is 19.0 Å². The van der Waals surface area contributed by atoms with Gasteiger partial charge in [-0.2, -0.15) is 8.42 Å². The molecule has 0 aromatic heterocycles. The zero-order chi connectivity index (χ0) is 9.61. The Labute approximate surface area is 73.9 Å². The topological polar surface area (TPSA) is 84.2 Å². The van der Waals surface area contributed by atoms with Crippen LogP contribution in [0, 0.1) is 5.92 Å². The summed E-state index contributed by atoms with van der Waals surface area (Å²) >= 11 is 0. The van der Waals surface area contributed by atoms with Gasteiger partial charge in [0.2, 0.25) is 0 Å². The van der Waals surface area contributed by atoms with Crippen LogP contribution in [0.3, 0.4) is 0 Å². The third kappa shape index (κ3) is 9.83. The predicted octanol–water partition coefficient (Wildman–Crippen LogP) is -0.975. The molecule has 0 aromatic rings. The Morgan fingerprint density at radius 2 is 1.92 bits per heavy atom. The molecule has 5 nitrogen and oxygen atoms in total. The molecule has 74 valence electrons. The van der Waals surface area contributed by atoms with Gasteiger partial charge in [0.05, 0.1) is 0 Å². The normalized spacial score (nSPS) is 12.3. The molecule has 0 bridgehead atoms. The smallest absolute Gasteiger partial charge is 0.274 e. The molecule has 0 fully saturated rings. The van der Waals surface area contributed by atoms with E-state index in [0.717, 1.165) is 6.54 Å². The summed E-state index contributed by atoms with van der Waals surface area (Å²) in [7, 11) is -3.51. The number of rotatable bonds is 6. The minimum atomic E-state index is -3.51. The van der Waals surface area contributed by atoms with E-state index < -0.39 is 10.2 Å². The highest BCUT2D eigenvalue weighted by molar-refractivity contribution is 7.87. The quantitative estimate of drug-likeness (QED) is 0.477. The van der Waals surface area contributed by atoms with Gasteiger partial charge >= 0.3 is 0 Å². The molecule has 4 N–H and O–H groups in total. The SMILES string of the molecule is CC(C)CNCCNS(N)(=O)=O. The van der Waals surface area contributed by atoms with Crippen LogP contribution in [0.4, 0.5) is 0 Å². The Morgan fingerprint density at radius 1 is 1.33 bits per heavy atom. The van der Waals surface area contributed by atoms with Crippen LogP contribution in [0.5, 0.6) is 0 Å². The first-order chi connectivity index (χ1) is 5.42. The van der Waals surface area contributed by atoms with Crippen molar-refractivity contribution in [3.63, 3.8) is 0 Å². The fourth-order valence-corrected chi connectivity index (χ4v) is 1.06. The Kier molecular flexibility index (Phi) is 5.39. The van der Waals surface area contributed by atoms with Crippen molar-refractivity contribution in [1.29, 1.82) is 0 Å². The van der Waals surface area contributed by atoms with Gasteiger partial charge in [-0.1, -0.05) is 13.8 Å². The van der Waals surface area contributed by atoms with Gasteiger partial charge in [-0.25, -0.2) is 9.86 Å². The molecule has 0 unspecified atom stereocenters. The molecule has 0 amide bonds. The van der Waals surface area contributed by atoms with Crippen molar-refractivity contribution in [1.82, 2.24) is 10.0 Å². The highest BCUT2D eigenvalue weighted by Crippen LogP contribution is 1.85. The molecular formula is C6H17N3O2S. The summed E-state index contributed by atoms with van der Waals surface area (Å²) in [5.41, 5.74) is 0. The highest BCUT2D eigenvalue weighted by atomic mass is 32.2. The Morgan fingerprint density at radius 3 is 2.33 bits per heavy atom. The lowest BCUT2D eigenvalue weighted by Crippen LogP contribution is -2.36. The van der Waals surface area contributed by atoms with Crippen molar-refractivity contribution in [2.24, 2.45) is 11.1 Å². The van der Waals surface area contributed by atoms with E-state index in [1.165, 1.54) is 0 Å². The zero-order valence-corrected chi connectivity index (χ0v) is 8.32. The van der Waals surface area contributed by atoms with E-state index in [2.05, 4.69) is 23.9 Å². The Hall–Kier alpha value is -0.170. The van der Waals surface area contributed by atoms with Crippen molar-refractivity contribution >= 4 is 10.2 Å². The molecule has 0 saturated heterocycles. The molecule has 0 aliphatic rings. The van der Waals surface area contributed by atoms with Gasteiger partial charge in [-0.15, -0.1) is 0 Å². The molecule has 0 spiro atoms. The van der Waals surface area contributed by atoms with Gasteiger partial charge in [0.25, 0.3) is 10.2 Å². The van der Waals surface area contributed by atoms with E-state index in [1.54, 1.807) is 0 Å². The number of hydrogen-bond acceptors (Lipinski definition) is 3. The third-order valence-corrected chi connectivity index (χ3v) is 1.76. The second-order valence-corrected chi connectivity index (χ2v) is 4.42. The number of nitrogens with one attached hydrogen (secondary N) is 2. The molecule has 0 rings (SSSR count). The maximum atomic E-state index is 10.4. The molecular weight excluding hydrogens is 178 g/mol. The average molecular weight is 195 g/mol. The lowest BCUT2D eigenvalue weighted by molar-refractivity contribution is 0.544. The molecule has 0 atom stereocenters. The molecule has 6 heteroatoms. The van der Waals surface area contributed by atoms with Crippen molar-refractivity contribution in [3.05, 3.63) is 0 Å². The first-order valence-electron chi connectivity index (χ1n) is 3.90. The van der Waals surface area contributed by atoms with Crippen LogP contribution in [0.2, 0.25) is 0 Å². The first kappa shape index (κ1) is 11.8. The van der Waals surface area contributed by atoms with Crippen LogP contribution >= 0.6 is 0 Å². The number of hydrogen-bond donors (Lipinski definition) is 3. The van der Waals surface area contributed by atoms with Gasteiger partial charge in [0.1, 0.15) is 0 Å². The fourth-order valence-electron chi connectivity index (χ4n) is 0.672. The summed E-state index contributed by atoms with van der Waals surface area (Å²) in [5, 5.41) is 7.79. The number of nitrogens with two attached hydrogens (primary N) is 1. The lowest BCUT2D eigenvalue weighted by atomic mass is 10.2. The minimum absolute atomic E-state index is 0.339. The van der Waals surface area contributed by atoms with Gasteiger partial charge < -0.3 is 5.32 Å². The summed E-state index contributed by atoms with van der Waals surface area (Å²) in [6, 6.07) is 0. The van der Waals surface area contributed by atoms with E-state index in [9.17, 15) is 8.42 Å². The van der Waals surface area contributed by atoms with Crippen molar-refractivity contribution in [2.45, 2.75) is 13.8 Å². The summed E-state index contributed by atoms with van der Waals surface area (Å²) in [6.07, 6.45) is 0. The molecule has 0 aromatic carbocycles. The average Bonchev–Trinajstić information content (AvgIpc) is 1.83. The van der Waals surface area contributed by atoms with Gasteiger partial charge in [0.15, 0.2) is 0 Å². The van der Waals surface area contributed by atoms with Crippen molar-refractivity contribution in [3.8, 4) is 0 Å². The Bertz CT molecular complexity index is 201. The maximum absolute atomic E-state index is 10.4. The van der Waals surface area contributed by atoms with E-state index in [4.69, 9.17) is 5.14 Å². The second-order valence-electron chi connectivity index (χ2n) is 3.04. The van der Waals surface area contributed by atoms with Crippen LogP contribution in [-0.4, -0.2) is 28.1 Å². The summed E-state index contributed by atoms with van der Waals surface area (Å²) in [4.78, 5) is 0. The van der Waals surface area contributed by atoms with E-state index in [1.807, 2.05) is 0 Å². The van der Waals surface area contributed by atoms with E-state index in [-0.39, 0.29) is 0 Å². The fraction of sp³-hybridized carbons (Fsp3) is 1.00. The largest absolute Gasteiger partial charge is 0.315 e. The molecule has 0 radical (unpaired) electrons. The zero-order valence-electron chi connectivity index (χ0n) is 7.50. The first-order valence-corrected chi connectivity index (χ1v) is 5.44. The molecule has 0 aliphatic heterocycles. The van der Waals surface area contributed by atoms with Crippen LogP contribution in [0.1, 0.15) is 13.8 Å². The summed E-state index contributed by atoms with van der Waals surface area (Å²) in [6.45, 7) is 5.99. The van der Waals surface area contributed by atoms with Gasteiger partial charge in [0, 0.05) is 13.1 Å². The summed E-state index contributed by atoms with van der Waals surface area (Å²) < 4.78 is 22.9. The standard InChI is InChI=1S/C6H17N3O2S/c1-6(2)5-8-3-4-9-12(7,10)11/h6,8-9H,3-5H2,1-2H3,(H2,7,10,11). The highest BCUT2D eigenvalue weighted by Gasteiger charge is 1.98. The van der Waals surface area contributed by atoms with Crippen molar-refractivity contribution in [2.75, 3.05) is 19.6 Å². The third-order valence-electron chi connectivity index (χ3n) is 1.16. The molecule has 0 heterocycles.